The van der Waals surface area contributed by atoms with Crippen molar-refractivity contribution in [1.82, 2.24) is 19.9 Å². The molecule has 0 aromatic carbocycles. The van der Waals surface area contributed by atoms with Crippen molar-refractivity contribution in [2.24, 2.45) is 0 Å². The zero-order valence-corrected chi connectivity index (χ0v) is 6.76. The summed E-state index contributed by atoms with van der Waals surface area (Å²) in [6, 6.07) is 0. The van der Waals surface area contributed by atoms with Crippen LogP contribution in [0.2, 0.25) is 0 Å². The topological polar surface area (TPSA) is 57.4 Å². The van der Waals surface area contributed by atoms with Crippen molar-refractivity contribution < 1.29 is 13.2 Å². The first-order valence-electron chi connectivity index (χ1n) is 3.69. The number of H-pyrrole nitrogens is 2. The van der Waals surface area contributed by atoms with Gasteiger partial charge in [0.2, 0.25) is 0 Å². The molecule has 0 atom stereocenters. The third-order valence-corrected chi connectivity index (χ3v) is 1.60. The Morgan fingerprint density at radius 3 is 2.43 bits per heavy atom. The normalized spacial score (nSPS) is 11.9. The summed E-state index contributed by atoms with van der Waals surface area (Å²) >= 11 is 0. The van der Waals surface area contributed by atoms with Crippen LogP contribution < -0.4 is 0 Å². The summed E-state index contributed by atoms with van der Waals surface area (Å²) in [4.78, 5) is 12.1. The fourth-order valence-electron chi connectivity index (χ4n) is 0.980. The molecule has 0 aliphatic rings. The highest BCUT2D eigenvalue weighted by Gasteiger charge is 2.33. The zero-order valence-electron chi connectivity index (χ0n) is 6.76. The lowest BCUT2D eigenvalue weighted by Gasteiger charge is -2.00. The second-order valence-electron chi connectivity index (χ2n) is 2.58. The third kappa shape index (κ3) is 1.48. The molecule has 0 unspecified atom stereocenters. The van der Waals surface area contributed by atoms with Crippen LogP contribution in [-0.4, -0.2) is 19.9 Å². The van der Waals surface area contributed by atoms with Crippen molar-refractivity contribution in [3.63, 3.8) is 0 Å². The molecular formula is C7H5F3N4. The first-order valence-corrected chi connectivity index (χ1v) is 3.69. The first-order chi connectivity index (χ1) is 6.57. The van der Waals surface area contributed by atoms with Crippen molar-refractivity contribution in [2.75, 3.05) is 0 Å². The molecule has 0 saturated carbocycles. The van der Waals surface area contributed by atoms with Crippen LogP contribution in [0.15, 0.2) is 18.6 Å². The highest BCUT2D eigenvalue weighted by Crippen LogP contribution is 2.28. The fraction of sp³-hybridized carbons (Fsp3) is 0.143. The minimum absolute atomic E-state index is 0.0716. The van der Waals surface area contributed by atoms with Crippen LogP contribution in [0, 0.1) is 0 Å². The minimum Gasteiger partial charge on any atom is -0.342 e. The maximum Gasteiger partial charge on any atom is 0.432 e. The number of alkyl halides is 3. The van der Waals surface area contributed by atoms with E-state index in [1.807, 2.05) is 0 Å². The Balaban J connectivity index is 2.36. The van der Waals surface area contributed by atoms with Gasteiger partial charge in [-0.2, -0.15) is 13.2 Å². The molecule has 0 saturated heterocycles. The van der Waals surface area contributed by atoms with E-state index in [1.165, 1.54) is 12.4 Å². The quantitative estimate of drug-likeness (QED) is 0.740. The molecule has 2 N–H and O–H groups in total. The molecule has 2 aromatic rings. The van der Waals surface area contributed by atoms with Crippen LogP contribution in [0.5, 0.6) is 0 Å². The molecule has 0 spiro atoms. The number of imidazole rings is 2. The summed E-state index contributed by atoms with van der Waals surface area (Å²) in [5.41, 5.74) is -0.885. The molecule has 2 heterocycles. The van der Waals surface area contributed by atoms with E-state index in [9.17, 15) is 13.2 Å². The largest absolute Gasteiger partial charge is 0.432 e. The molecule has 0 aliphatic heterocycles. The van der Waals surface area contributed by atoms with E-state index in [2.05, 4.69) is 19.9 Å². The van der Waals surface area contributed by atoms with Gasteiger partial charge in [0.1, 0.15) is 5.69 Å². The summed E-state index contributed by atoms with van der Waals surface area (Å²) < 4.78 is 36.4. The lowest BCUT2D eigenvalue weighted by atomic mass is 10.5. The van der Waals surface area contributed by atoms with E-state index in [4.69, 9.17) is 0 Å². The fourth-order valence-corrected chi connectivity index (χ4v) is 0.980. The predicted molar refractivity (Wildman–Crippen MR) is 41.2 cm³/mol. The average molecular weight is 202 g/mol. The van der Waals surface area contributed by atoms with E-state index in [-0.39, 0.29) is 11.6 Å². The Labute approximate surface area is 76.2 Å². The van der Waals surface area contributed by atoms with E-state index in [1.54, 1.807) is 0 Å². The second kappa shape index (κ2) is 2.86. The summed E-state index contributed by atoms with van der Waals surface area (Å²) in [7, 11) is 0. The van der Waals surface area contributed by atoms with E-state index in [0.29, 0.717) is 0 Å². The monoisotopic (exact) mass is 202 g/mol. The number of hydrogen-bond acceptors (Lipinski definition) is 2. The van der Waals surface area contributed by atoms with E-state index < -0.39 is 11.9 Å². The maximum atomic E-state index is 12.1. The molecule has 0 fully saturated rings. The molecule has 7 heteroatoms. The molecule has 2 rings (SSSR count). The van der Waals surface area contributed by atoms with Gasteiger partial charge in [0.05, 0.1) is 6.20 Å². The second-order valence-corrected chi connectivity index (χ2v) is 2.58. The maximum absolute atomic E-state index is 12.1. The van der Waals surface area contributed by atoms with Gasteiger partial charge in [-0.1, -0.05) is 0 Å². The Kier molecular flexibility index (Phi) is 1.80. The van der Waals surface area contributed by atoms with E-state index >= 15 is 0 Å². The first kappa shape index (κ1) is 8.79. The smallest absolute Gasteiger partial charge is 0.342 e. The number of hydrogen-bond donors (Lipinski definition) is 2. The Morgan fingerprint density at radius 2 is 1.93 bits per heavy atom. The summed E-state index contributed by atoms with van der Waals surface area (Å²) in [5.74, 6) is 0.350. The molecule has 0 aliphatic carbocycles. The van der Waals surface area contributed by atoms with E-state index in [0.717, 1.165) is 6.20 Å². The van der Waals surface area contributed by atoms with Gasteiger partial charge in [0.15, 0.2) is 11.6 Å². The van der Waals surface area contributed by atoms with Gasteiger partial charge in [-0.25, -0.2) is 9.97 Å². The van der Waals surface area contributed by atoms with Crippen LogP contribution in [0.25, 0.3) is 11.6 Å². The Morgan fingerprint density at radius 1 is 1.14 bits per heavy atom. The minimum atomic E-state index is -4.40. The predicted octanol–water partition coefficient (Wildman–Crippen LogP) is 1.82. The lowest BCUT2D eigenvalue weighted by molar-refractivity contribution is -0.140. The van der Waals surface area contributed by atoms with Gasteiger partial charge in [-0.3, -0.25) is 0 Å². The van der Waals surface area contributed by atoms with Crippen LogP contribution in [0.3, 0.4) is 0 Å². The van der Waals surface area contributed by atoms with Gasteiger partial charge in [0.25, 0.3) is 0 Å². The van der Waals surface area contributed by atoms with Crippen LogP contribution in [0.1, 0.15) is 5.69 Å². The number of aromatic nitrogens is 4. The van der Waals surface area contributed by atoms with Crippen molar-refractivity contribution in [3.05, 3.63) is 24.3 Å². The van der Waals surface area contributed by atoms with Crippen LogP contribution in [-0.2, 0) is 6.18 Å². The number of halogens is 3. The molecule has 4 nitrogen and oxygen atoms in total. The third-order valence-electron chi connectivity index (χ3n) is 1.60. The number of aromatic amines is 2. The number of nitrogens with one attached hydrogen (secondary N) is 2. The van der Waals surface area contributed by atoms with Crippen molar-refractivity contribution >= 4 is 0 Å². The average Bonchev–Trinajstić information content (AvgIpc) is 2.73. The number of nitrogens with zero attached hydrogens (tertiary/aromatic N) is 2. The van der Waals surface area contributed by atoms with Gasteiger partial charge in [-0.05, 0) is 0 Å². The molecule has 0 radical (unpaired) electrons. The van der Waals surface area contributed by atoms with Gasteiger partial charge < -0.3 is 9.97 Å². The molecule has 0 bridgehead atoms. The van der Waals surface area contributed by atoms with Crippen molar-refractivity contribution in [1.29, 1.82) is 0 Å². The summed E-state index contributed by atoms with van der Waals surface area (Å²) in [6.45, 7) is 0. The van der Waals surface area contributed by atoms with Crippen molar-refractivity contribution in [2.45, 2.75) is 6.18 Å². The summed E-state index contributed by atoms with van der Waals surface area (Å²) in [5, 5.41) is 0. The van der Waals surface area contributed by atoms with Gasteiger partial charge in [-0.15, -0.1) is 0 Å². The molecule has 2 aromatic heterocycles. The SMILES string of the molecule is FC(F)(F)c1cnc(-c2ncc[nH]2)[nH]1. The molecule has 0 amide bonds. The van der Waals surface area contributed by atoms with Crippen LogP contribution >= 0.6 is 0 Å². The standard InChI is InChI=1S/C7H5F3N4/c8-7(9,10)4-3-13-6(14-4)5-11-1-2-12-5/h1-3H,(H,11,12)(H,13,14). The molecule has 14 heavy (non-hydrogen) atoms. The Bertz CT molecular complexity index is 414. The molecule has 74 valence electrons. The van der Waals surface area contributed by atoms with Crippen LogP contribution in [0.4, 0.5) is 13.2 Å². The zero-order chi connectivity index (χ0) is 10.2. The Hall–Kier alpha value is -1.79. The van der Waals surface area contributed by atoms with Crippen molar-refractivity contribution in [3.8, 4) is 11.6 Å². The lowest BCUT2D eigenvalue weighted by Crippen LogP contribution is -2.04. The number of rotatable bonds is 1. The summed E-state index contributed by atoms with van der Waals surface area (Å²) in [6.07, 6.45) is -0.730. The molecular weight excluding hydrogens is 197 g/mol. The van der Waals surface area contributed by atoms with Gasteiger partial charge >= 0.3 is 6.18 Å². The van der Waals surface area contributed by atoms with Gasteiger partial charge in [0, 0.05) is 12.4 Å². The highest BCUT2D eigenvalue weighted by atomic mass is 19.4. The highest BCUT2D eigenvalue weighted by molar-refractivity contribution is 5.43.